The van der Waals surface area contributed by atoms with Crippen LogP contribution in [0.15, 0.2) is 74.5 Å². The number of rotatable bonds is 2. The van der Waals surface area contributed by atoms with Crippen LogP contribution in [0.1, 0.15) is 23.6 Å². The van der Waals surface area contributed by atoms with E-state index in [1.807, 2.05) is 47.2 Å². The maximum absolute atomic E-state index is 13.2. The van der Waals surface area contributed by atoms with Crippen molar-refractivity contribution < 1.29 is 4.42 Å². The predicted octanol–water partition coefficient (Wildman–Crippen LogP) is 6.41. The summed E-state index contributed by atoms with van der Waals surface area (Å²) in [7, 11) is 0. The summed E-state index contributed by atoms with van der Waals surface area (Å²) < 4.78 is 8.90. The van der Waals surface area contributed by atoms with E-state index in [0.717, 1.165) is 29.3 Å². The lowest BCUT2D eigenvalue weighted by molar-refractivity contribution is 0.432. The van der Waals surface area contributed by atoms with E-state index in [1.54, 1.807) is 0 Å². The Balaban J connectivity index is 1.52. The van der Waals surface area contributed by atoms with Crippen molar-refractivity contribution in [1.82, 2.24) is 4.57 Å². The summed E-state index contributed by atoms with van der Waals surface area (Å²) in [6.07, 6.45) is 4.67. The molecule has 0 saturated heterocycles. The van der Waals surface area contributed by atoms with Crippen molar-refractivity contribution in [3.8, 4) is 11.3 Å². The second-order valence-corrected chi connectivity index (χ2v) is 8.59. The minimum absolute atomic E-state index is 0.00650. The summed E-state index contributed by atoms with van der Waals surface area (Å²) >= 11 is 9.51. The highest BCUT2D eigenvalue weighted by molar-refractivity contribution is 9.10. The van der Waals surface area contributed by atoms with Gasteiger partial charge in [0, 0.05) is 27.3 Å². The molecule has 2 heterocycles. The van der Waals surface area contributed by atoms with Gasteiger partial charge in [-0.3, -0.25) is 4.79 Å². The molecule has 140 valence electrons. The molecule has 0 bridgehead atoms. The zero-order chi connectivity index (χ0) is 19.3. The van der Waals surface area contributed by atoms with E-state index in [9.17, 15) is 4.79 Å². The highest BCUT2D eigenvalue weighted by atomic mass is 79.9. The second-order valence-electron chi connectivity index (χ2n) is 7.23. The van der Waals surface area contributed by atoms with E-state index >= 15 is 0 Å². The van der Waals surface area contributed by atoms with Gasteiger partial charge >= 0.3 is 0 Å². The fourth-order valence-electron chi connectivity index (χ4n) is 4.04. The molecule has 0 N–H and O–H groups in total. The van der Waals surface area contributed by atoms with Gasteiger partial charge in [-0.05, 0) is 78.9 Å². The Bertz CT molecular complexity index is 1240. The smallest absolute Gasteiger partial charge is 0.262 e. The van der Waals surface area contributed by atoms with Gasteiger partial charge in [-0.1, -0.05) is 33.6 Å². The third kappa shape index (κ3) is 3.11. The highest BCUT2D eigenvalue weighted by Crippen LogP contribution is 2.31. The van der Waals surface area contributed by atoms with E-state index in [0.29, 0.717) is 21.8 Å². The molecule has 1 unspecified atom stereocenters. The Kier molecular flexibility index (Phi) is 4.41. The SMILES string of the molecule is O=c1c2cc(-c3ccc(Cl)cc3)oc2ccn1C1CCc2cc(Br)ccc2C1. The lowest BCUT2D eigenvalue weighted by atomic mass is 9.88. The first-order valence-corrected chi connectivity index (χ1v) is 10.4. The van der Waals surface area contributed by atoms with Crippen LogP contribution in [0.4, 0.5) is 0 Å². The molecule has 1 aliphatic rings. The molecule has 0 amide bonds. The Labute approximate surface area is 175 Å². The molecule has 0 saturated carbocycles. The standard InChI is InChI=1S/C23H17BrClNO2/c24-17-5-1-16-12-19(8-4-15(16)11-17)26-10-9-21-20(23(26)27)13-22(28-21)14-2-6-18(25)7-3-14/h1-3,5-7,9-11,13,19H,4,8,12H2. The topological polar surface area (TPSA) is 35.1 Å². The zero-order valence-corrected chi connectivity index (χ0v) is 17.3. The fourth-order valence-corrected chi connectivity index (χ4v) is 4.57. The van der Waals surface area contributed by atoms with E-state index in [2.05, 4.69) is 34.1 Å². The quantitative estimate of drug-likeness (QED) is 0.351. The Morgan fingerprint density at radius 3 is 2.68 bits per heavy atom. The van der Waals surface area contributed by atoms with E-state index in [1.165, 1.54) is 11.1 Å². The first-order valence-electron chi connectivity index (χ1n) is 9.26. The van der Waals surface area contributed by atoms with Gasteiger partial charge in [-0.2, -0.15) is 0 Å². The van der Waals surface area contributed by atoms with Crippen LogP contribution in [0.2, 0.25) is 5.02 Å². The largest absolute Gasteiger partial charge is 0.456 e. The second kappa shape index (κ2) is 6.94. The van der Waals surface area contributed by atoms with Crippen LogP contribution in [0.25, 0.3) is 22.3 Å². The normalized spacial score (nSPS) is 16.3. The Hall–Kier alpha value is -2.30. The summed E-state index contributed by atoms with van der Waals surface area (Å²) in [6, 6.07) is 17.8. The van der Waals surface area contributed by atoms with Crippen molar-refractivity contribution in [3.05, 3.63) is 91.8 Å². The predicted molar refractivity (Wildman–Crippen MR) is 116 cm³/mol. The minimum Gasteiger partial charge on any atom is -0.456 e. The molecule has 0 radical (unpaired) electrons. The highest BCUT2D eigenvalue weighted by Gasteiger charge is 2.22. The molecule has 0 spiro atoms. The van der Waals surface area contributed by atoms with Crippen molar-refractivity contribution in [2.75, 3.05) is 0 Å². The molecule has 5 rings (SSSR count). The molecule has 2 aromatic carbocycles. The number of aromatic nitrogens is 1. The van der Waals surface area contributed by atoms with Crippen molar-refractivity contribution in [1.29, 1.82) is 0 Å². The van der Waals surface area contributed by atoms with Crippen molar-refractivity contribution in [2.24, 2.45) is 0 Å². The van der Waals surface area contributed by atoms with E-state index in [4.69, 9.17) is 16.0 Å². The number of fused-ring (bicyclic) bond motifs is 2. The first kappa shape index (κ1) is 17.8. The molecule has 1 aliphatic carbocycles. The summed E-state index contributed by atoms with van der Waals surface area (Å²) in [6.45, 7) is 0. The van der Waals surface area contributed by atoms with Gasteiger partial charge in [0.05, 0.1) is 5.39 Å². The van der Waals surface area contributed by atoms with E-state index in [-0.39, 0.29) is 11.6 Å². The fraction of sp³-hybridized carbons (Fsp3) is 0.174. The summed E-state index contributed by atoms with van der Waals surface area (Å²) in [5, 5.41) is 1.29. The number of halogens is 2. The summed E-state index contributed by atoms with van der Waals surface area (Å²) in [4.78, 5) is 13.2. The number of hydrogen-bond acceptors (Lipinski definition) is 2. The molecule has 0 aliphatic heterocycles. The number of pyridine rings is 1. The summed E-state index contributed by atoms with van der Waals surface area (Å²) in [5.41, 5.74) is 4.22. The van der Waals surface area contributed by atoms with Crippen molar-refractivity contribution in [3.63, 3.8) is 0 Å². The van der Waals surface area contributed by atoms with Gasteiger partial charge in [0.1, 0.15) is 11.3 Å². The third-order valence-electron chi connectivity index (χ3n) is 5.51. The molecular formula is C23H17BrClNO2. The van der Waals surface area contributed by atoms with Crippen LogP contribution >= 0.6 is 27.5 Å². The maximum atomic E-state index is 13.2. The molecule has 4 aromatic rings. The monoisotopic (exact) mass is 453 g/mol. The number of benzene rings is 2. The lowest BCUT2D eigenvalue weighted by Crippen LogP contribution is -2.28. The number of nitrogens with zero attached hydrogens (tertiary/aromatic N) is 1. The molecule has 5 heteroatoms. The Morgan fingerprint density at radius 2 is 1.86 bits per heavy atom. The third-order valence-corrected chi connectivity index (χ3v) is 6.25. The van der Waals surface area contributed by atoms with Crippen LogP contribution in [0.5, 0.6) is 0 Å². The first-order chi connectivity index (χ1) is 13.6. The maximum Gasteiger partial charge on any atom is 0.262 e. The molecule has 3 nitrogen and oxygen atoms in total. The molecule has 2 aromatic heterocycles. The van der Waals surface area contributed by atoms with Gasteiger partial charge < -0.3 is 8.98 Å². The number of hydrogen-bond donors (Lipinski definition) is 0. The van der Waals surface area contributed by atoms with Crippen LogP contribution in [0, 0.1) is 0 Å². The molecule has 0 fully saturated rings. The average molecular weight is 455 g/mol. The molecular weight excluding hydrogens is 438 g/mol. The minimum atomic E-state index is 0.00650. The van der Waals surface area contributed by atoms with Crippen molar-refractivity contribution in [2.45, 2.75) is 25.3 Å². The lowest BCUT2D eigenvalue weighted by Gasteiger charge is -2.26. The zero-order valence-electron chi connectivity index (χ0n) is 15.0. The number of furan rings is 1. The van der Waals surface area contributed by atoms with Gasteiger partial charge in [0.15, 0.2) is 0 Å². The van der Waals surface area contributed by atoms with Gasteiger partial charge in [-0.15, -0.1) is 0 Å². The van der Waals surface area contributed by atoms with Crippen LogP contribution < -0.4 is 5.56 Å². The Morgan fingerprint density at radius 1 is 1.04 bits per heavy atom. The van der Waals surface area contributed by atoms with E-state index < -0.39 is 0 Å². The van der Waals surface area contributed by atoms with Gasteiger partial charge in [-0.25, -0.2) is 0 Å². The van der Waals surface area contributed by atoms with Crippen LogP contribution in [-0.4, -0.2) is 4.57 Å². The molecule has 28 heavy (non-hydrogen) atoms. The van der Waals surface area contributed by atoms with Gasteiger partial charge in [0.25, 0.3) is 5.56 Å². The van der Waals surface area contributed by atoms with Crippen molar-refractivity contribution >= 4 is 38.5 Å². The van der Waals surface area contributed by atoms with Crippen LogP contribution in [-0.2, 0) is 12.8 Å². The average Bonchev–Trinajstić information content (AvgIpc) is 3.14. The van der Waals surface area contributed by atoms with Crippen LogP contribution in [0.3, 0.4) is 0 Å². The molecule has 1 atom stereocenters. The van der Waals surface area contributed by atoms with Gasteiger partial charge in [0.2, 0.25) is 0 Å². The number of aryl methyl sites for hydroxylation is 1. The summed E-state index contributed by atoms with van der Waals surface area (Å²) in [5.74, 6) is 0.681.